The van der Waals surface area contributed by atoms with E-state index in [-0.39, 0.29) is 32.4 Å². The molecule has 0 aromatic heterocycles. The lowest BCUT2D eigenvalue weighted by atomic mass is 10.1. The van der Waals surface area contributed by atoms with Gasteiger partial charge in [-0.2, -0.15) is 0 Å². The first kappa shape index (κ1) is 14.9. The first-order chi connectivity index (χ1) is 10.2. The molecule has 6 heteroatoms. The lowest BCUT2D eigenvalue weighted by Gasteiger charge is -2.20. The largest absolute Gasteiger partial charge is 0.465 e. The molecule has 6 nitrogen and oxygen atoms in total. The number of hydrogen-bond acceptors (Lipinski definition) is 5. The molecular formula is C15H17NO5. The summed E-state index contributed by atoms with van der Waals surface area (Å²) < 4.78 is 15.3. The van der Waals surface area contributed by atoms with E-state index in [1.807, 2.05) is 0 Å². The van der Waals surface area contributed by atoms with E-state index in [2.05, 4.69) is 6.58 Å². The Hall–Kier alpha value is -2.50. The van der Waals surface area contributed by atoms with Crippen molar-refractivity contribution >= 4 is 11.9 Å². The Labute approximate surface area is 122 Å². The van der Waals surface area contributed by atoms with Gasteiger partial charge in [0.2, 0.25) is 6.79 Å². The van der Waals surface area contributed by atoms with Crippen molar-refractivity contribution in [1.29, 1.82) is 0 Å². The Bertz CT molecular complexity index is 555. The van der Waals surface area contributed by atoms with Crippen molar-refractivity contribution < 1.29 is 23.8 Å². The standard InChI is InChI=1S/C15H17NO5/c1-3-7-16(9-14(17)19-4-2)15(18)11-5-6-12-13(8-11)21-10-20-12/h3,5-6,8H,1,4,7,9-10H2,2H3. The maximum absolute atomic E-state index is 12.4. The molecule has 1 heterocycles. The number of fused-ring (bicyclic) bond motifs is 1. The van der Waals surface area contributed by atoms with Crippen molar-refractivity contribution in [3.63, 3.8) is 0 Å². The van der Waals surface area contributed by atoms with Crippen molar-refractivity contribution in [2.75, 3.05) is 26.5 Å². The van der Waals surface area contributed by atoms with Crippen LogP contribution in [0.3, 0.4) is 0 Å². The van der Waals surface area contributed by atoms with Gasteiger partial charge in [-0.3, -0.25) is 9.59 Å². The van der Waals surface area contributed by atoms with Crippen LogP contribution in [0.25, 0.3) is 0 Å². The summed E-state index contributed by atoms with van der Waals surface area (Å²) >= 11 is 0. The van der Waals surface area contributed by atoms with Crippen molar-refractivity contribution in [3.8, 4) is 11.5 Å². The fourth-order valence-corrected chi connectivity index (χ4v) is 1.95. The van der Waals surface area contributed by atoms with Crippen molar-refractivity contribution in [2.24, 2.45) is 0 Å². The molecule has 0 saturated heterocycles. The first-order valence-corrected chi connectivity index (χ1v) is 6.61. The van der Waals surface area contributed by atoms with E-state index >= 15 is 0 Å². The molecular weight excluding hydrogens is 274 g/mol. The number of benzene rings is 1. The van der Waals surface area contributed by atoms with Gasteiger partial charge in [-0.15, -0.1) is 6.58 Å². The highest BCUT2D eigenvalue weighted by Gasteiger charge is 2.21. The molecule has 21 heavy (non-hydrogen) atoms. The maximum Gasteiger partial charge on any atom is 0.325 e. The summed E-state index contributed by atoms with van der Waals surface area (Å²) in [5, 5.41) is 0. The van der Waals surface area contributed by atoms with Gasteiger partial charge in [0, 0.05) is 12.1 Å². The Morgan fingerprint density at radius 3 is 2.86 bits per heavy atom. The highest BCUT2D eigenvalue weighted by molar-refractivity contribution is 5.96. The Balaban J connectivity index is 2.13. The zero-order valence-corrected chi connectivity index (χ0v) is 11.8. The van der Waals surface area contributed by atoms with E-state index in [0.717, 1.165) is 0 Å². The molecule has 0 N–H and O–H groups in total. The van der Waals surface area contributed by atoms with E-state index < -0.39 is 5.97 Å². The first-order valence-electron chi connectivity index (χ1n) is 6.61. The Kier molecular flexibility index (Phi) is 4.81. The summed E-state index contributed by atoms with van der Waals surface area (Å²) in [5.41, 5.74) is 0.422. The lowest BCUT2D eigenvalue weighted by molar-refractivity contribution is -0.143. The number of ether oxygens (including phenoxy) is 3. The van der Waals surface area contributed by atoms with E-state index in [1.54, 1.807) is 31.2 Å². The molecule has 1 aliphatic heterocycles. The highest BCUT2D eigenvalue weighted by Crippen LogP contribution is 2.32. The summed E-state index contributed by atoms with van der Waals surface area (Å²) in [6, 6.07) is 4.91. The molecule has 0 spiro atoms. The van der Waals surface area contributed by atoms with Crippen LogP contribution < -0.4 is 9.47 Å². The van der Waals surface area contributed by atoms with Gasteiger partial charge in [-0.25, -0.2) is 0 Å². The zero-order valence-electron chi connectivity index (χ0n) is 11.8. The number of carbonyl (C=O) groups is 2. The fourth-order valence-electron chi connectivity index (χ4n) is 1.95. The van der Waals surface area contributed by atoms with Crippen LogP contribution in [0.15, 0.2) is 30.9 Å². The predicted molar refractivity (Wildman–Crippen MR) is 75.3 cm³/mol. The quantitative estimate of drug-likeness (QED) is 0.588. The summed E-state index contributed by atoms with van der Waals surface area (Å²) in [6.45, 7) is 5.87. The summed E-state index contributed by atoms with van der Waals surface area (Å²) in [6.07, 6.45) is 1.56. The Morgan fingerprint density at radius 2 is 2.14 bits per heavy atom. The van der Waals surface area contributed by atoms with E-state index in [0.29, 0.717) is 17.1 Å². The van der Waals surface area contributed by atoms with Gasteiger partial charge in [0.1, 0.15) is 6.54 Å². The normalized spacial score (nSPS) is 11.9. The number of hydrogen-bond donors (Lipinski definition) is 0. The van der Waals surface area contributed by atoms with Gasteiger partial charge in [0.15, 0.2) is 11.5 Å². The van der Waals surface area contributed by atoms with Crippen LogP contribution in [0.2, 0.25) is 0 Å². The molecule has 112 valence electrons. The van der Waals surface area contributed by atoms with E-state index in [1.165, 1.54) is 4.90 Å². The van der Waals surface area contributed by atoms with Crippen LogP contribution in [0, 0.1) is 0 Å². The molecule has 1 aromatic carbocycles. The molecule has 1 aromatic rings. The summed E-state index contributed by atoms with van der Waals surface area (Å²) in [4.78, 5) is 25.4. The minimum absolute atomic E-state index is 0.118. The molecule has 0 saturated carbocycles. The van der Waals surface area contributed by atoms with Gasteiger partial charge < -0.3 is 19.1 Å². The molecule has 2 rings (SSSR count). The molecule has 0 fully saturated rings. The molecule has 0 bridgehead atoms. The van der Waals surface area contributed by atoms with Crippen LogP contribution in [0.5, 0.6) is 11.5 Å². The van der Waals surface area contributed by atoms with Crippen LogP contribution in [0.4, 0.5) is 0 Å². The number of rotatable bonds is 6. The third-order valence-electron chi connectivity index (χ3n) is 2.88. The van der Waals surface area contributed by atoms with Crippen LogP contribution >= 0.6 is 0 Å². The van der Waals surface area contributed by atoms with E-state index in [9.17, 15) is 9.59 Å². The molecule has 0 unspecified atom stereocenters. The third kappa shape index (κ3) is 3.53. The third-order valence-corrected chi connectivity index (χ3v) is 2.88. The second-order valence-electron chi connectivity index (χ2n) is 4.35. The average Bonchev–Trinajstić information content (AvgIpc) is 2.93. The number of esters is 1. The second-order valence-corrected chi connectivity index (χ2v) is 4.35. The second kappa shape index (κ2) is 6.78. The summed E-state index contributed by atoms with van der Waals surface area (Å²) in [7, 11) is 0. The molecule has 1 aliphatic rings. The highest BCUT2D eigenvalue weighted by atomic mass is 16.7. The molecule has 0 radical (unpaired) electrons. The monoisotopic (exact) mass is 291 g/mol. The smallest absolute Gasteiger partial charge is 0.325 e. The van der Waals surface area contributed by atoms with Crippen LogP contribution in [-0.2, 0) is 9.53 Å². The minimum Gasteiger partial charge on any atom is -0.465 e. The lowest BCUT2D eigenvalue weighted by Crippen LogP contribution is -2.36. The molecule has 1 amide bonds. The van der Waals surface area contributed by atoms with Crippen molar-refractivity contribution in [3.05, 3.63) is 36.4 Å². The maximum atomic E-state index is 12.4. The molecule has 0 atom stereocenters. The van der Waals surface area contributed by atoms with Gasteiger partial charge in [0.05, 0.1) is 6.61 Å². The zero-order chi connectivity index (χ0) is 15.2. The minimum atomic E-state index is -0.451. The van der Waals surface area contributed by atoms with Crippen LogP contribution in [-0.4, -0.2) is 43.3 Å². The SMILES string of the molecule is C=CCN(CC(=O)OCC)C(=O)c1ccc2c(c1)OCO2. The van der Waals surface area contributed by atoms with Crippen molar-refractivity contribution in [2.45, 2.75) is 6.92 Å². The molecule has 0 aliphatic carbocycles. The van der Waals surface area contributed by atoms with Crippen LogP contribution in [0.1, 0.15) is 17.3 Å². The Morgan fingerprint density at radius 1 is 1.38 bits per heavy atom. The summed E-state index contributed by atoms with van der Waals surface area (Å²) in [5.74, 6) is 0.387. The fraction of sp³-hybridized carbons (Fsp3) is 0.333. The van der Waals surface area contributed by atoms with Gasteiger partial charge in [0.25, 0.3) is 5.91 Å². The average molecular weight is 291 g/mol. The van der Waals surface area contributed by atoms with Gasteiger partial charge >= 0.3 is 5.97 Å². The van der Waals surface area contributed by atoms with E-state index in [4.69, 9.17) is 14.2 Å². The van der Waals surface area contributed by atoms with Gasteiger partial charge in [-0.1, -0.05) is 6.08 Å². The number of carbonyl (C=O) groups excluding carboxylic acids is 2. The number of nitrogens with zero attached hydrogens (tertiary/aromatic N) is 1. The van der Waals surface area contributed by atoms with Gasteiger partial charge in [-0.05, 0) is 25.1 Å². The number of amides is 1. The predicted octanol–water partition coefficient (Wildman–Crippen LogP) is 1.61. The van der Waals surface area contributed by atoms with Crippen molar-refractivity contribution in [1.82, 2.24) is 4.90 Å². The topological polar surface area (TPSA) is 65.1 Å².